The van der Waals surface area contributed by atoms with Crippen LogP contribution in [0.1, 0.15) is 19.3 Å². The van der Waals surface area contributed by atoms with Crippen LogP contribution < -0.4 is 10.6 Å². The number of fused-ring (bicyclic) bond motifs is 1. The fourth-order valence-electron chi connectivity index (χ4n) is 2.69. The summed E-state index contributed by atoms with van der Waals surface area (Å²) in [6.07, 6.45) is 2.55. The summed E-state index contributed by atoms with van der Waals surface area (Å²) in [6.45, 7) is 2.05. The van der Waals surface area contributed by atoms with Gasteiger partial charge in [0.15, 0.2) is 0 Å². The minimum absolute atomic E-state index is 0.186. The van der Waals surface area contributed by atoms with Crippen LogP contribution in [0.3, 0.4) is 0 Å². The van der Waals surface area contributed by atoms with Crippen molar-refractivity contribution >= 4 is 6.09 Å². The molecule has 1 aliphatic carbocycles. The molecule has 0 aromatic heterocycles. The van der Waals surface area contributed by atoms with Crippen molar-refractivity contribution in [3.8, 4) is 0 Å². The van der Waals surface area contributed by atoms with Gasteiger partial charge in [-0.2, -0.15) is 0 Å². The summed E-state index contributed by atoms with van der Waals surface area (Å²) in [4.78, 5) is 10.5. The number of carbonyl (C=O) groups is 1. The molecule has 2 fully saturated rings. The van der Waals surface area contributed by atoms with E-state index in [0.717, 1.165) is 25.9 Å². The molecule has 4 heteroatoms. The van der Waals surface area contributed by atoms with Crippen LogP contribution in [0.5, 0.6) is 0 Å². The maximum absolute atomic E-state index is 10.5. The van der Waals surface area contributed by atoms with Gasteiger partial charge >= 0.3 is 6.09 Å². The standard InChI is InChI=1S/C9H16N2O2/c12-9(13)11-8-3-1-2-6-4-10-5-7(6)8/h6-8,10-11H,1-5H2,(H,12,13). The van der Waals surface area contributed by atoms with Crippen molar-refractivity contribution in [1.82, 2.24) is 10.6 Å². The summed E-state index contributed by atoms with van der Waals surface area (Å²) in [7, 11) is 0. The minimum Gasteiger partial charge on any atom is -0.465 e. The molecule has 1 saturated heterocycles. The molecule has 1 saturated carbocycles. The van der Waals surface area contributed by atoms with E-state index in [2.05, 4.69) is 10.6 Å². The lowest BCUT2D eigenvalue weighted by Gasteiger charge is -2.32. The van der Waals surface area contributed by atoms with E-state index in [0.29, 0.717) is 11.8 Å². The van der Waals surface area contributed by atoms with E-state index in [1.54, 1.807) is 0 Å². The van der Waals surface area contributed by atoms with Gasteiger partial charge in [0.2, 0.25) is 0 Å². The van der Waals surface area contributed by atoms with Crippen molar-refractivity contribution in [3.63, 3.8) is 0 Å². The molecule has 2 rings (SSSR count). The largest absolute Gasteiger partial charge is 0.465 e. The van der Waals surface area contributed by atoms with Crippen molar-refractivity contribution in [2.24, 2.45) is 11.8 Å². The SMILES string of the molecule is O=C(O)NC1CCCC2CNCC21. The first-order valence-corrected chi connectivity index (χ1v) is 4.97. The molecular formula is C9H16N2O2. The number of hydrogen-bond acceptors (Lipinski definition) is 2. The first-order valence-electron chi connectivity index (χ1n) is 4.97. The Kier molecular flexibility index (Phi) is 2.40. The average molecular weight is 184 g/mol. The summed E-state index contributed by atoms with van der Waals surface area (Å²) in [5.41, 5.74) is 0. The van der Waals surface area contributed by atoms with Gasteiger partial charge in [-0.15, -0.1) is 0 Å². The number of nitrogens with one attached hydrogen (secondary N) is 2. The van der Waals surface area contributed by atoms with Crippen molar-refractivity contribution in [1.29, 1.82) is 0 Å². The molecule has 0 spiro atoms. The summed E-state index contributed by atoms with van der Waals surface area (Å²) >= 11 is 0. The van der Waals surface area contributed by atoms with Crippen LogP contribution in [0.15, 0.2) is 0 Å². The van der Waals surface area contributed by atoms with Crippen molar-refractivity contribution in [2.45, 2.75) is 25.3 Å². The molecule has 1 aliphatic heterocycles. The third-order valence-electron chi connectivity index (χ3n) is 3.31. The van der Waals surface area contributed by atoms with Gasteiger partial charge in [0, 0.05) is 12.6 Å². The van der Waals surface area contributed by atoms with Crippen LogP contribution in [-0.2, 0) is 0 Å². The smallest absolute Gasteiger partial charge is 0.404 e. The Balaban J connectivity index is 1.97. The van der Waals surface area contributed by atoms with Gasteiger partial charge < -0.3 is 15.7 Å². The van der Waals surface area contributed by atoms with Crippen molar-refractivity contribution in [3.05, 3.63) is 0 Å². The van der Waals surface area contributed by atoms with E-state index in [1.165, 1.54) is 6.42 Å². The van der Waals surface area contributed by atoms with Crippen LogP contribution >= 0.6 is 0 Å². The van der Waals surface area contributed by atoms with Crippen molar-refractivity contribution in [2.75, 3.05) is 13.1 Å². The monoisotopic (exact) mass is 184 g/mol. The Bertz CT molecular complexity index is 208. The fraction of sp³-hybridized carbons (Fsp3) is 0.889. The zero-order valence-electron chi connectivity index (χ0n) is 7.62. The van der Waals surface area contributed by atoms with Gasteiger partial charge in [0.1, 0.15) is 0 Å². The lowest BCUT2D eigenvalue weighted by molar-refractivity contribution is 0.168. The Morgan fingerprint density at radius 3 is 3.00 bits per heavy atom. The molecular weight excluding hydrogens is 168 g/mol. The molecule has 13 heavy (non-hydrogen) atoms. The molecule has 0 aromatic carbocycles. The van der Waals surface area contributed by atoms with Gasteiger partial charge in [-0.1, -0.05) is 6.42 Å². The maximum Gasteiger partial charge on any atom is 0.404 e. The van der Waals surface area contributed by atoms with Gasteiger partial charge in [-0.05, 0) is 31.2 Å². The van der Waals surface area contributed by atoms with Gasteiger partial charge in [0.05, 0.1) is 0 Å². The molecule has 2 aliphatic rings. The molecule has 0 aromatic rings. The van der Waals surface area contributed by atoms with E-state index >= 15 is 0 Å². The highest BCUT2D eigenvalue weighted by Gasteiger charge is 2.36. The van der Waals surface area contributed by atoms with E-state index in [-0.39, 0.29) is 6.04 Å². The Morgan fingerprint density at radius 1 is 1.38 bits per heavy atom. The van der Waals surface area contributed by atoms with Gasteiger partial charge in [0.25, 0.3) is 0 Å². The summed E-state index contributed by atoms with van der Waals surface area (Å²) in [6, 6.07) is 0.186. The van der Waals surface area contributed by atoms with Crippen molar-refractivity contribution < 1.29 is 9.90 Å². The van der Waals surface area contributed by atoms with Gasteiger partial charge in [-0.25, -0.2) is 4.79 Å². The second-order valence-electron chi connectivity index (χ2n) is 4.07. The molecule has 0 bridgehead atoms. The minimum atomic E-state index is -0.877. The molecule has 3 unspecified atom stereocenters. The molecule has 0 radical (unpaired) electrons. The lowest BCUT2D eigenvalue weighted by atomic mass is 9.78. The highest BCUT2D eigenvalue weighted by Crippen LogP contribution is 2.32. The Morgan fingerprint density at radius 2 is 2.23 bits per heavy atom. The predicted molar refractivity (Wildman–Crippen MR) is 48.6 cm³/mol. The van der Waals surface area contributed by atoms with Crippen LogP contribution in [0, 0.1) is 11.8 Å². The zero-order valence-corrected chi connectivity index (χ0v) is 7.62. The predicted octanol–water partition coefficient (Wildman–Crippen LogP) is 0.642. The summed E-state index contributed by atoms with van der Waals surface area (Å²) in [5.74, 6) is 1.23. The number of rotatable bonds is 1. The highest BCUT2D eigenvalue weighted by molar-refractivity contribution is 5.64. The number of amides is 1. The third-order valence-corrected chi connectivity index (χ3v) is 3.31. The molecule has 1 heterocycles. The maximum atomic E-state index is 10.5. The molecule has 3 atom stereocenters. The Hall–Kier alpha value is -0.770. The zero-order chi connectivity index (χ0) is 9.26. The first kappa shape index (κ1) is 8.81. The second kappa shape index (κ2) is 3.54. The number of carboxylic acid groups (broad SMARTS) is 1. The van der Waals surface area contributed by atoms with Crippen LogP contribution in [0.4, 0.5) is 4.79 Å². The Labute approximate surface area is 77.7 Å². The van der Waals surface area contributed by atoms with Crippen LogP contribution in [-0.4, -0.2) is 30.3 Å². The second-order valence-corrected chi connectivity index (χ2v) is 4.07. The molecule has 3 N–H and O–H groups in total. The van der Waals surface area contributed by atoms with E-state index in [9.17, 15) is 4.79 Å². The molecule has 74 valence electrons. The van der Waals surface area contributed by atoms with E-state index in [4.69, 9.17) is 5.11 Å². The quantitative estimate of drug-likeness (QED) is 0.560. The van der Waals surface area contributed by atoms with Crippen LogP contribution in [0.2, 0.25) is 0 Å². The highest BCUT2D eigenvalue weighted by atomic mass is 16.4. The first-order chi connectivity index (χ1) is 6.27. The average Bonchev–Trinajstić information content (AvgIpc) is 2.51. The fourth-order valence-corrected chi connectivity index (χ4v) is 2.69. The normalized spacial score (nSPS) is 38.3. The van der Waals surface area contributed by atoms with Crippen LogP contribution in [0.25, 0.3) is 0 Å². The number of hydrogen-bond donors (Lipinski definition) is 3. The molecule has 4 nitrogen and oxygen atoms in total. The lowest BCUT2D eigenvalue weighted by Crippen LogP contribution is -2.44. The van der Waals surface area contributed by atoms with Gasteiger partial charge in [-0.3, -0.25) is 0 Å². The topological polar surface area (TPSA) is 61.4 Å². The molecule has 1 amide bonds. The van der Waals surface area contributed by atoms with E-state index in [1.807, 2.05) is 0 Å². The van der Waals surface area contributed by atoms with E-state index < -0.39 is 6.09 Å². The third kappa shape index (κ3) is 1.77. The summed E-state index contributed by atoms with van der Waals surface area (Å²) in [5, 5.41) is 14.6. The summed E-state index contributed by atoms with van der Waals surface area (Å²) < 4.78 is 0.